The molecule has 0 atom stereocenters. The number of hydrogen-bond donors (Lipinski definition) is 0. The van der Waals surface area contributed by atoms with E-state index in [0.717, 1.165) is 0 Å². The third-order valence-corrected chi connectivity index (χ3v) is 12.6. The monoisotopic (exact) mass is 491 g/mol. The molecule has 26 heavy (non-hydrogen) atoms. The summed E-state index contributed by atoms with van der Waals surface area (Å²) in [6.45, 7) is 4.60. The number of rotatable bonds is 22. The average molecular weight is 492 g/mol. The number of unbranched alkanes of at least 4 members (excludes halogenated alkanes) is 18. The van der Waals surface area contributed by atoms with Crippen molar-refractivity contribution < 1.29 is 0 Å². The van der Waals surface area contributed by atoms with Crippen molar-refractivity contribution in [2.75, 3.05) is 0 Å². The molecule has 0 nitrogen and oxygen atoms in total. The summed E-state index contributed by atoms with van der Waals surface area (Å²) < 4.78 is 2.96. The van der Waals surface area contributed by atoms with Crippen LogP contribution in [0, 0.1) is 0 Å². The Morgan fingerprint density at radius 1 is 0.385 bits per heavy atom. The Morgan fingerprint density at radius 3 is 0.885 bits per heavy atom. The zero-order valence-corrected chi connectivity index (χ0v) is 21.8. The van der Waals surface area contributed by atoms with E-state index in [0.29, 0.717) is 0 Å². The standard InChI is InChI=1S/2C12H25.S.Sb/c2*1-3-5-7-9-11-12-10-8-6-4-2;;/h2*1,3-12H2,2H3;;. The van der Waals surface area contributed by atoms with E-state index in [1.807, 2.05) is 0 Å². The van der Waals surface area contributed by atoms with Gasteiger partial charge in [-0.25, -0.2) is 0 Å². The van der Waals surface area contributed by atoms with Crippen molar-refractivity contribution in [2.24, 2.45) is 0 Å². The fourth-order valence-electron chi connectivity index (χ4n) is 3.66. The predicted molar refractivity (Wildman–Crippen MR) is 127 cm³/mol. The van der Waals surface area contributed by atoms with E-state index < -0.39 is 18.2 Å². The SMILES string of the molecule is CCCCCCCCCCC[CH2][Sb](=[S])[CH2]CCCCCCCCCCC. The van der Waals surface area contributed by atoms with Crippen LogP contribution in [0.4, 0.5) is 0 Å². The summed E-state index contributed by atoms with van der Waals surface area (Å²) in [5.41, 5.74) is 0. The summed E-state index contributed by atoms with van der Waals surface area (Å²) in [5.74, 6) is 0. The van der Waals surface area contributed by atoms with Gasteiger partial charge in [0.25, 0.3) is 0 Å². The van der Waals surface area contributed by atoms with Gasteiger partial charge in [-0.05, 0) is 0 Å². The van der Waals surface area contributed by atoms with Gasteiger partial charge in [-0.1, -0.05) is 0 Å². The molecule has 0 aliphatic heterocycles. The fraction of sp³-hybridized carbons (Fsp3) is 1.00. The van der Waals surface area contributed by atoms with E-state index in [1.54, 1.807) is 0 Å². The van der Waals surface area contributed by atoms with E-state index in [9.17, 15) is 0 Å². The van der Waals surface area contributed by atoms with Crippen molar-refractivity contribution in [1.29, 1.82) is 0 Å². The molecule has 0 rings (SSSR count). The van der Waals surface area contributed by atoms with Crippen LogP contribution < -0.4 is 0 Å². The Kier molecular flexibility index (Phi) is 25.0. The summed E-state index contributed by atoms with van der Waals surface area (Å²) in [4.78, 5) is 0. The van der Waals surface area contributed by atoms with E-state index in [4.69, 9.17) is 9.19 Å². The van der Waals surface area contributed by atoms with Gasteiger partial charge in [-0.3, -0.25) is 0 Å². The zero-order valence-electron chi connectivity index (χ0n) is 18.4. The van der Waals surface area contributed by atoms with Crippen LogP contribution in [0.25, 0.3) is 0 Å². The van der Waals surface area contributed by atoms with Crippen molar-refractivity contribution in [3.05, 3.63) is 0 Å². The Morgan fingerprint density at radius 2 is 0.615 bits per heavy atom. The molecule has 0 fully saturated rings. The zero-order chi connectivity index (χ0) is 19.1. The Labute approximate surface area is 177 Å². The van der Waals surface area contributed by atoms with Gasteiger partial charge in [0, 0.05) is 0 Å². The molecule has 0 aromatic carbocycles. The molecule has 2 heteroatoms. The molecule has 0 aromatic rings. The van der Waals surface area contributed by atoms with Crippen LogP contribution in [0.2, 0.25) is 8.73 Å². The quantitative estimate of drug-likeness (QED) is 0.107. The predicted octanol–water partition coefficient (Wildman–Crippen LogP) is 10.0. The van der Waals surface area contributed by atoms with Gasteiger partial charge in [0.1, 0.15) is 0 Å². The second kappa shape index (κ2) is 24.1. The molecule has 0 heterocycles. The van der Waals surface area contributed by atoms with Gasteiger partial charge >= 0.3 is 178 Å². The van der Waals surface area contributed by atoms with Crippen molar-refractivity contribution in [1.82, 2.24) is 0 Å². The molecule has 0 N–H and O–H groups in total. The van der Waals surface area contributed by atoms with Gasteiger partial charge in [0.15, 0.2) is 0 Å². The summed E-state index contributed by atoms with van der Waals surface area (Å²) in [7, 11) is 5.84. The van der Waals surface area contributed by atoms with Crippen LogP contribution in [0.5, 0.6) is 0 Å². The molecular weight excluding hydrogens is 442 g/mol. The Balaban J connectivity index is 3.13. The second-order valence-electron chi connectivity index (χ2n) is 8.29. The van der Waals surface area contributed by atoms with Crippen LogP contribution in [0.3, 0.4) is 0 Å². The van der Waals surface area contributed by atoms with Crippen LogP contribution in [-0.4, -0.2) is 18.2 Å². The van der Waals surface area contributed by atoms with Crippen LogP contribution >= 0.6 is 9.19 Å². The van der Waals surface area contributed by atoms with Crippen molar-refractivity contribution >= 4 is 27.4 Å². The van der Waals surface area contributed by atoms with Gasteiger partial charge in [-0.15, -0.1) is 0 Å². The van der Waals surface area contributed by atoms with E-state index >= 15 is 0 Å². The molecule has 0 aliphatic rings. The maximum atomic E-state index is 5.84. The van der Waals surface area contributed by atoms with Crippen LogP contribution in [-0.2, 0) is 0 Å². The molecule has 0 amide bonds. The first-order valence-electron chi connectivity index (χ1n) is 12.2. The van der Waals surface area contributed by atoms with Gasteiger partial charge < -0.3 is 0 Å². The third-order valence-electron chi connectivity index (χ3n) is 5.52. The van der Waals surface area contributed by atoms with Gasteiger partial charge in [0.05, 0.1) is 0 Å². The summed E-state index contributed by atoms with van der Waals surface area (Å²) in [6.07, 6.45) is 29.1. The summed E-state index contributed by atoms with van der Waals surface area (Å²) in [6, 6.07) is 0. The molecule has 0 saturated heterocycles. The first-order chi connectivity index (χ1) is 12.8. The second-order valence-corrected chi connectivity index (χ2v) is 17.1. The molecule has 0 spiro atoms. The van der Waals surface area contributed by atoms with Crippen LogP contribution in [0.1, 0.15) is 142 Å². The molecular formula is C24H50SSb. The Hall–Kier alpha value is 1.04. The van der Waals surface area contributed by atoms with Gasteiger partial charge in [0.2, 0.25) is 0 Å². The van der Waals surface area contributed by atoms with Crippen molar-refractivity contribution in [3.8, 4) is 0 Å². The first-order valence-corrected chi connectivity index (χ1v) is 19.3. The molecule has 0 aromatic heterocycles. The minimum atomic E-state index is -1.20. The molecule has 1 radical (unpaired) electrons. The fourth-order valence-corrected chi connectivity index (χ4v) is 9.32. The first kappa shape index (κ1) is 27.0. The summed E-state index contributed by atoms with van der Waals surface area (Å²) in [5, 5.41) is 0. The number of hydrogen-bond acceptors (Lipinski definition) is 1. The minimum absolute atomic E-state index is 1.20. The molecule has 157 valence electrons. The summed E-state index contributed by atoms with van der Waals surface area (Å²) >= 11 is -1.20. The topological polar surface area (TPSA) is 0 Å². The van der Waals surface area contributed by atoms with E-state index in [-0.39, 0.29) is 0 Å². The van der Waals surface area contributed by atoms with E-state index in [2.05, 4.69) is 13.8 Å². The van der Waals surface area contributed by atoms with Gasteiger partial charge in [-0.2, -0.15) is 0 Å². The van der Waals surface area contributed by atoms with Crippen molar-refractivity contribution in [2.45, 2.75) is 151 Å². The van der Waals surface area contributed by atoms with E-state index in [1.165, 1.54) is 137 Å². The van der Waals surface area contributed by atoms with Crippen LogP contribution in [0.15, 0.2) is 0 Å². The molecule has 0 saturated carbocycles. The molecule has 0 bridgehead atoms. The Bertz CT molecular complexity index is 251. The normalized spacial score (nSPS) is 11.2. The molecule has 0 unspecified atom stereocenters. The average Bonchev–Trinajstić information content (AvgIpc) is 2.64. The molecule has 0 aliphatic carbocycles. The maximum absolute atomic E-state index is 5.84. The third kappa shape index (κ3) is 23.1. The van der Waals surface area contributed by atoms with Crippen molar-refractivity contribution in [3.63, 3.8) is 0 Å².